The zero-order valence-corrected chi connectivity index (χ0v) is 14.3. The van der Waals surface area contributed by atoms with Crippen LogP contribution < -0.4 is 16.6 Å². The maximum atomic E-state index is 12.0. The Labute approximate surface area is 147 Å². The van der Waals surface area contributed by atoms with Gasteiger partial charge in [0.2, 0.25) is 5.91 Å². The highest BCUT2D eigenvalue weighted by Crippen LogP contribution is 2.23. The topological polar surface area (TPSA) is 86.0 Å². The summed E-state index contributed by atoms with van der Waals surface area (Å²) >= 11 is 1.51. The van der Waals surface area contributed by atoms with Crippen molar-refractivity contribution in [2.75, 3.05) is 0 Å². The summed E-state index contributed by atoms with van der Waals surface area (Å²) in [4.78, 5) is 39.8. The summed E-state index contributed by atoms with van der Waals surface area (Å²) in [7, 11) is 1.37. The first-order valence-electron chi connectivity index (χ1n) is 7.57. The van der Waals surface area contributed by atoms with Crippen LogP contribution in [0.15, 0.2) is 57.6 Å². The van der Waals surface area contributed by atoms with Crippen molar-refractivity contribution in [1.82, 2.24) is 19.4 Å². The van der Waals surface area contributed by atoms with Crippen LogP contribution in [-0.4, -0.2) is 20.0 Å². The van der Waals surface area contributed by atoms with Crippen molar-refractivity contribution in [3.63, 3.8) is 0 Å². The number of hydrogen-bond donors (Lipinski definition) is 1. The fraction of sp³-hybridized carbons (Fsp3) is 0.176. The fourth-order valence-corrected chi connectivity index (χ4v) is 3.06. The van der Waals surface area contributed by atoms with Gasteiger partial charge in [0.05, 0.1) is 12.2 Å². The summed E-state index contributed by atoms with van der Waals surface area (Å²) in [6.45, 7) is 0.130. The van der Waals surface area contributed by atoms with Gasteiger partial charge in [0, 0.05) is 30.3 Å². The molecule has 0 unspecified atom stereocenters. The summed E-state index contributed by atoms with van der Waals surface area (Å²) < 4.78 is 2.15. The van der Waals surface area contributed by atoms with Gasteiger partial charge in [0.1, 0.15) is 11.6 Å². The molecule has 3 rings (SSSR count). The highest BCUT2D eigenvalue weighted by molar-refractivity contribution is 7.13. The van der Waals surface area contributed by atoms with Gasteiger partial charge in [-0.15, -0.1) is 11.3 Å². The molecule has 2 aromatic heterocycles. The molecule has 0 saturated carbocycles. The van der Waals surface area contributed by atoms with Gasteiger partial charge < -0.3 is 5.32 Å². The number of nitrogens with zero attached hydrogens (tertiary/aromatic N) is 3. The Morgan fingerprint density at radius 2 is 1.96 bits per heavy atom. The van der Waals surface area contributed by atoms with Crippen LogP contribution in [0.5, 0.6) is 0 Å². The molecule has 0 fully saturated rings. The highest BCUT2D eigenvalue weighted by atomic mass is 32.1. The molecule has 3 aromatic rings. The average Bonchev–Trinajstić information content (AvgIpc) is 3.10. The van der Waals surface area contributed by atoms with Crippen molar-refractivity contribution in [2.24, 2.45) is 7.05 Å². The van der Waals surface area contributed by atoms with Gasteiger partial charge in [-0.2, -0.15) is 0 Å². The van der Waals surface area contributed by atoms with Crippen LogP contribution >= 0.6 is 11.3 Å². The summed E-state index contributed by atoms with van der Waals surface area (Å²) in [5, 5.41) is 5.51. The summed E-state index contributed by atoms with van der Waals surface area (Å²) in [5.41, 5.74) is 0.854. The summed E-state index contributed by atoms with van der Waals surface area (Å²) in [5.74, 6) is -0.324. The molecule has 1 aromatic carbocycles. The second kappa shape index (κ2) is 7.27. The predicted octanol–water partition coefficient (Wildman–Crippen LogP) is 0.987. The highest BCUT2D eigenvalue weighted by Gasteiger charge is 2.09. The molecule has 1 amide bonds. The van der Waals surface area contributed by atoms with Crippen molar-refractivity contribution in [3.8, 4) is 10.6 Å². The van der Waals surface area contributed by atoms with Gasteiger partial charge in [-0.25, -0.2) is 9.78 Å². The lowest BCUT2D eigenvalue weighted by atomic mass is 10.2. The Hall–Kier alpha value is -3.00. The Morgan fingerprint density at radius 3 is 2.72 bits per heavy atom. The molecule has 1 N–H and O–H groups in total. The number of nitrogens with one attached hydrogen (secondary N) is 1. The van der Waals surface area contributed by atoms with Crippen molar-refractivity contribution in [2.45, 2.75) is 13.1 Å². The third kappa shape index (κ3) is 3.92. The summed E-state index contributed by atoms with van der Waals surface area (Å²) in [6.07, 6.45) is 1.32. The van der Waals surface area contributed by atoms with E-state index in [4.69, 9.17) is 0 Å². The second-order valence-corrected chi connectivity index (χ2v) is 6.27. The molecule has 0 aliphatic carbocycles. The van der Waals surface area contributed by atoms with E-state index in [0.717, 1.165) is 20.8 Å². The normalized spacial score (nSPS) is 10.6. The number of aromatic nitrogens is 3. The smallest absolute Gasteiger partial charge is 0.331 e. The Balaban J connectivity index is 1.62. The van der Waals surface area contributed by atoms with E-state index in [1.807, 2.05) is 35.7 Å². The fourth-order valence-electron chi connectivity index (χ4n) is 2.24. The van der Waals surface area contributed by atoms with Crippen LogP contribution in [0.1, 0.15) is 5.69 Å². The van der Waals surface area contributed by atoms with E-state index in [0.29, 0.717) is 0 Å². The molecule has 8 heteroatoms. The molecular formula is C17H16N4O3S. The van der Waals surface area contributed by atoms with E-state index >= 15 is 0 Å². The Bertz CT molecular complexity index is 1000. The van der Waals surface area contributed by atoms with Gasteiger partial charge in [-0.05, 0) is 0 Å². The predicted molar refractivity (Wildman–Crippen MR) is 95.3 cm³/mol. The van der Waals surface area contributed by atoms with E-state index in [1.165, 1.54) is 35.2 Å². The molecule has 2 heterocycles. The van der Waals surface area contributed by atoms with Crippen LogP contribution in [0.2, 0.25) is 0 Å². The van der Waals surface area contributed by atoms with Gasteiger partial charge in [-0.1, -0.05) is 30.3 Å². The van der Waals surface area contributed by atoms with E-state index in [-0.39, 0.29) is 19.0 Å². The number of benzene rings is 1. The van der Waals surface area contributed by atoms with Crippen molar-refractivity contribution in [3.05, 3.63) is 74.5 Å². The molecule has 0 bridgehead atoms. The van der Waals surface area contributed by atoms with Crippen LogP contribution in [0, 0.1) is 0 Å². The minimum absolute atomic E-state index is 0.150. The third-order valence-electron chi connectivity index (χ3n) is 3.61. The Morgan fingerprint density at radius 1 is 1.20 bits per heavy atom. The van der Waals surface area contributed by atoms with E-state index in [9.17, 15) is 14.4 Å². The number of carbonyl (C=O) groups is 1. The molecule has 128 valence electrons. The van der Waals surface area contributed by atoms with Gasteiger partial charge in [0.25, 0.3) is 5.56 Å². The molecule has 0 radical (unpaired) electrons. The van der Waals surface area contributed by atoms with Crippen molar-refractivity contribution < 1.29 is 4.79 Å². The van der Waals surface area contributed by atoms with E-state index in [2.05, 4.69) is 10.3 Å². The maximum Gasteiger partial charge on any atom is 0.331 e. The lowest BCUT2D eigenvalue weighted by molar-refractivity contribution is -0.121. The number of carbonyl (C=O) groups excluding carboxylic acids is 1. The van der Waals surface area contributed by atoms with Gasteiger partial charge in [0.15, 0.2) is 0 Å². The zero-order valence-electron chi connectivity index (χ0n) is 13.5. The zero-order chi connectivity index (χ0) is 17.8. The van der Waals surface area contributed by atoms with Gasteiger partial charge >= 0.3 is 5.69 Å². The maximum absolute atomic E-state index is 12.0. The van der Waals surface area contributed by atoms with Crippen LogP contribution in [0.3, 0.4) is 0 Å². The SMILES string of the molecule is Cn1c(=O)ccn(CC(=O)NCc2csc(-c3ccccc3)n2)c1=O. The first kappa shape index (κ1) is 16.8. The average molecular weight is 356 g/mol. The molecule has 0 spiro atoms. The Kier molecular flexibility index (Phi) is 4.90. The number of rotatable bonds is 5. The minimum Gasteiger partial charge on any atom is -0.349 e. The molecule has 0 atom stereocenters. The van der Waals surface area contributed by atoms with Crippen LogP contribution in [0.4, 0.5) is 0 Å². The number of hydrogen-bond acceptors (Lipinski definition) is 5. The molecule has 0 aliphatic heterocycles. The molecular weight excluding hydrogens is 340 g/mol. The number of thiazole rings is 1. The first-order valence-corrected chi connectivity index (χ1v) is 8.45. The lowest BCUT2D eigenvalue weighted by Crippen LogP contribution is -2.40. The monoisotopic (exact) mass is 356 g/mol. The number of amides is 1. The molecule has 25 heavy (non-hydrogen) atoms. The lowest BCUT2D eigenvalue weighted by Gasteiger charge is -2.07. The van der Waals surface area contributed by atoms with Crippen LogP contribution in [0.25, 0.3) is 10.6 Å². The van der Waals surface area contributed by atoms with Crippen molar-refractivity contribution in [1.29, 1.82) is 0 Å². The largest absolute Gasteiger partial charge is 0.349 e. The molecule has 7 nitrogen and oxygen atoms in total. The third-order valence-corrected chi connectivity index (χ3v) is 4.55. The van der Waals surface area contributed by atoms with Crippen LogP contribution in [-0.2, 0) is 24.9 Å². The van der Waals surface area contributed by atoms with E-state index in [1.54, 1.807) is 0 Å². The molecule has 0 aliphatic rings. The summed E-state index contributed by atoms with van der Waals surface area (Å²) in [6, 6.07) is 11.0. The van der Waals surface area contributed by atoms with E-state index < -0.39 is 11.2 Å². The van der Waals surface area contributed by atoms with Crippen molar-refractivity contribution >= 4 is 17.2 Å². The first-order chi connectivity index (χ1) is 12.0. The standard InChI is InChI=1S/C17H16N4O3S/c1-20-15(23)7-8-21(17(20)24)10-14(22)18-9-13-11-25-16(19-13)12-5-3-2-4-6-12/h2-8,11H,9-10H2,1H3,(H,18,22). The quantitative estimate of drug-likeness (QED) is 0.739. The second-order valence-electron chi connectivity index (χ2n) is 5.41. The minimum atomic E-state index is -0.525. The van der Waals surface area contributed by atoms with Gasteiger partial charge in [-0.3, -0.25) is 18.7 Å². The molecule has 0 saturated heterocycles.